The van der Waals surface area contributed by atoms with Gasteiger partial charge in [0.25, 0.3) is 0 Å². The Morgan fingerprint density at radius 1 is 0.654 bits per heavy atom. The average Bonchev–Trinajstić information content (AvgIpc) is 3.37. The van der Waals surface area contributed by atoms with E-state index >= 15 is 0 Å². The number of hydrogen-bond donors (Lipinski definition) is 0. The van der Waals surface area contributed by atoms with Gasteiger partial charge in [-0.2, -0.15) is 0 Å². The Kier molecular flexibility index (Phi) is 7.85. The number of ether oxygens (including phenoxy) is 3. The van der Waals surface area contributed by atoms with Gasteiger partial charge >= 0.3 is 0 Å². The third-order valence-corrected chi connectivity index (χ3v) is 7.41. The summed E-state index contributed by atoms with van der Waals surface area (Å²) in [4.78, 5) is 8.11. The van der Waals surface area contributed by atoms with E-state index in [1.165, 1.54) is 29.3 Å². The first kappa shape index (κ1) is 19.7. The molecule has 26 heavy (non-hydrogen) atoms. The molecule has 3 aromatic rings. The van der Waals surface area contributed by atoms with Crippen LogP contribution in [-0.2, 0) is 20.6 Å². The summed E-state index contributed by atoms with van der Waals surface area (Å²) in [6.45, 7) is 5.41. The van der Waals surface area contributed by atoms with Gasteiger partial charge in [0.2, 0.25) is 0 Å². The largest absolute Gasteiger partial charge is 0.382 e. The van der Waals surface area contributed by atoms with E-state index in [4.69, 9.17) is 14.2 Å². The van der Waals surface area contributed by atoms with Crippen LogP contribution in [0.5, 0.6) is 0 Å². The molecule has 0 radical (unpaired) electrons. The molecule has 0 bridgehead atoms. The van der Waals surface area contributed by atoms with Gasteiger partial charge in [0.1, 0.15) is 0 Å². The second kappa shape index (κ2) is 10.3. The van der Waals surface area contributed by atoms with Crippen LogP contribution in [0.15, 0.2) is 36.4 Å². The molecule has 140 valence electrons. The molecule has 0 spiro atoms. The van der Waals surface area contributed by atoms with E-state index < -0.39 is 0 Å². The molecule has 0 aliphatic heterocycles. The molecule has 3 rings (SSSR count). The van der Waals surface area contributed by atoms with Gasteiger partial charge in [-0.05, 0) is 43.3 Å². The van der Waals surface area contributed by atoms with Crippen LogP contribution < -0.4 is 0 Å². The summed E-state index contributed by atoms with van der Waals surface area (Å²) >= 11 is 5.59. The van der Waals surface area contributed by atoms with Crippen LogP contribution in [0.3, 0.4) is 0 Å². The van der Waals surface area contributed by atoms with Crippen molar-refractivity contribution in [2.24, 2.45) is 0 Å². The van der Waals surface area contributed by atoms with E-state index in [-0.39, 0.29) is 0 Å². The highest BCUT2D eigenvalue weighted by Gasteiger charge is 2.09. The monoisotopic (exact) mass is 408 g/mol. The number of methoxy groups -OCH3 is 1. The summed E-state index contributed by atoms with van der Waals surface area (Å²) in [5, 5.41) is 0. The van der Waals surface area contributed by atoms with Crippen molar-refractivity contribution in [1.82, 2.24) is 0 Å². The Bertz CT molecular complexity index is 788. The Morgan fingerprint density at radius 2 is 1.23 bits per heavy atom. The fourth-order valence-corrected chi connectivity index (χ4v) is 5.49. The minimum Gasteiger partial charge on any atom is -0.382 e. The molecule has 0 atom stereocenters. The molecular formula is C20H24O3S3. The fourth-order valence-electron chi connectivity index (χ4n) is 2.45. The second-order valence-corrected chi connectivity index (χ2v) is 9.35. The van der Waals surface area contributed by atoms with Crippen LogP contribution in [0.4, 0.5) is 0 Å². The van der Waals surface area contributed by atoms with Gasteiger partial charge in [-0.25, -0.2) is 0 Å². The molecule has 3 heterocycles. The molecule has 0 saturated carbocycles. The lowest BCUT2D eigenvalue weighted by Gasteiger charge is -2.04. The fraction of sp³-hybridized carbons (Fsp3) is 0.400. The normalized spacial score (nSPS) is 11.3. The zero-order chi connectivity index (χ0) is 18.2. The number of thiophene rings is 3. The maximum absolute atomic E-state index is 5.64. The maximum Gasteiger partial charge on any atom is 0.0701 e. The van der Waals surface area contributed by atoms with Crippen molar-refractivity contribution in [3.63, 3.8) is 0 Å². The minimum absolute atomic E-state index is 0.624. The minimum atomic E-state index is 0.624. The van der Waals surface area contributed by atoms with Gasteiger partial charge in [0, 0.05) is 42.8 Å². The highest BCUT2D eigenvalue weighted by Crippen LogP contribution is 2.39. The SMILES string of the molecule is COCCOCCOCCc1ccc(-c2ccc(-c3ccc(C)s3)s2)s1. The zero-order valence-electron chi connectivity index (χ0n) is 15.2. The first-order chi connectivity index (χ1) is 12.8. The van der Waals surface area contributed by atoms with Gasteiger partial charge in [-0.15, -0.1) is 34.0 Å². The highest BCUT2D eigenvalue weighted by molar-refractivity contribution is 7.26. The summed E-state index contributed by atoms with van der Waals surface area (Å²) in [6.07, 6.45) is 0.949. The van der Waals surface area contributed by atoms with E-state index in [9.17, 15) is 0 Å². The van der Waals surface area contributed by atoms with Crippen molar-refractivity contribution in [3.8, 4) is 19.5 Å². The van der Waals surface area contributed by atoms with Crippen LogP contribution in [-0.4, -0.2) is 40.1 Å². The number of aryl methyl sites for hydroxylation is 1. The van der Waals surface area contributed by atoms with E-state index in [0.29, 0.717) is 26.4 Å². The van der Waals surface area contributed by atoms with Crippen LogP contribution >= 0.6 is 34.0 Å². The van der Waals surface area contributed by atoms with Crippen molar-refractivity contribution in [3.05, 3.63) is 46.2 Å². The smallest absolute Gasteiger partial charge is 0.0701 e. The van der Waals surface area contributed by atoms with Crippen molar-refractivity contribution >= 4 is 34.0 Å². The van der Waals surface area contributed by atoms with Crippen molar-refractivity contribution in [1.29, 1.82) is 0 Å². The lowest BCUT2D eigenvalue weighted by Crippen LogP contribution is -2.09. The summed E-state index contributed by atoms with van der Waals surface area (Å²) in [7, 11) is 1.68. The average molecular weight is 409 g/mol. The molecule has 0 unspecified atom stereocenters. The Hall–Kier alpha value is -1.02. The summed E-state index contributed by atoms with van der Waals surface area (Å²) < 4.78 is 16.0. The van der Waals surface area contributed by atoms with E-state index in [0.717, 1.165) is 13.0 Å². The third kappa shape index (κ3) is 5.74. The Balaban J connectivity index is 1.44. The van der Waals surface area contributed by atoms with Gasteiger partial charge in [0.05, 0.1) is 33.0 Å². The molecule has 0 amide bonds. The molecule has 3 aromatic heterocycles. The molecule has 6 heteroatoms. The molecule has 0 N–H and O–H groups in total. The topological polar surface area (TPSA) is 27.7 Å². The van der Waals surface area contributed by atoms with E-state index in [2.05, 4.69) is 43.3 Å². The predicted molar refractivity (Wildman–Crippen MR) is 113 cm³/mol. The standard InChI is InChI=1S/C20H24O3S3/c1-15-3-5-17(24-15)19-7-8-20(26-19)18-6-4-16(25-18)9-10-22-13-14-23-12-11-21-2/h3-8H,9-14H2,1-2H3. The molecule has 0 aromatic carbocycles. The maximum atomic E-state index is 5.64. The van der Waals surface area contributed by atoms with Gasteiger partial charge < -0.3 is 14.2 Å². The first-order valence-corrected chi connectivity index (χ1v) is 11.1. The molecule has 0 aliphatic carbocycles. The molecule has 0 aliphatic rings. The lowest BCUT2D eigenvalue weighted by atomic mass is 10.3. The van der Waals surface area contributed by atoms with E-state index in [1.807, 2.05) is 34.0 Å². The lowest BCUT2D eigenvalue weighted by molar-refractivity contribution is 0.0257. The molecule has 0 fully saturated rings. The van der Waals surface area contributed by atoms with Crippen molar-refractivity contribution < 1.29 is 14.2 Å². The van der Waals surface area contributed by atoms with E-state index in [1.54, 1.807) is 7.11 Å². The summed E-state index contributed by atoms with van der Waals surface area (Å²) in [5.74, 6) is 0. The quantitative estimate of drug-likeness (QED) is 0.379. The molecule has 0 saturated heterocycles. The zero-order valence-corrected chi connectivity index (χ0v) is 17.6. The predicted octanol–water partition coefficient (Wildman–Crippen LogP) is 5.74. The van der Waals surface area contributed by atoms with Crippen LogP contribution in [0.25, 0.3) is 19.5 Å². The Morgan fingerprint density at radius 3 is 1.92 bits per heavy atom. The summed E-state index contributed by atoms with van der Waals surface area (Å²) in [6, 6.07) is 13.3. The number of hydrogen-bond acceptors (Lipinski definition) is 6. The van der Waals surface area contributed by atoms with Crippen LogP contribution in [0.2, 0.25) is 0 Å². The van der Waals surface area contributed by atoms with Gasteiger partial charge in [-0.1, -0.05) is 0 Å². The second-order valence-electron chi connectivity index (χ2n) is 5.81. The van der Waals surface area contributed by atoms with Crippen LogP contribution in [0, 0.1) is 6.92 Å². The molecule has 3 nitrogen and oxygen atoms in total. The third-order valence-electron chi connectivity index (χ3n) is 3.79. The van der Waals surface area contributed by atoms with Crippen LogP contribution in [0.1, 0.15) is 9.75 Å². The first-order valence-electron chi connectivity index (χ1n) is 8.66. The highest BCUT2D eigenvalue weighted by atomic mass is 32.1. The van der Waals surface area contributed by atoms with Crippen molar-refractivity contribution in [2.45, 2.75) is 13.3 Å². The number of rotatable bonds is 11. The Labute approximate surface area is 167 Å². The molecular weight excluding hydrogens is 384 g/mol. The van der Waals surface area contributed by atoms with Gasteiger partial charge in [-0.3, -0.25) is 0 Å². The van der Waals surface area contributed by atoms with Gasteiger partial charge in [0.15, 0.2) is 0 Å². The summed E-state index contributed by atoms with van der Waals surface area (Å²) in [5.41, 5.74) is 0. The van der Waals surface area contributed by atoms with Crippen molar-refractivity contribution in [2.75, 3.05) is 40.1 Å².